The summed E-state index contributed by atoms with van der Waals surface area (Å²) in [6.07, 6.45) is 5.40. The maximum atomic E-state index is 3.68. The van der Waals surface area contributed by atoms with E-state index in [9.17, 15) is 0 Å². The number of hydrogen-bond acceptors (Lipinski definition) is 2. The van der Waals surface area contributed by atoms with Crippen molar-refractivity contribution in [2.75, 3.05) is 0 Å². The van der Waals surface area contributed by atoms with Crippen molar-refractivity contribution in [2.45, 2.75) is 63.7 Å². The van der Waals surface area contributed by atoms with Crippen molar-refractivity contribution in [3.05, 3.63) is 0 Å². The molecule has 0 aromatic heterocycles. The minimum absolute atomic E-state index is 0.737. The number of hydrogen-bond donors (Lipinski definition) is 2. The van der Waals surface area contributed by atoms with Gasteiger partial charge in [-0.2, -0.15) is 0 Å². The van der Waals surface area contributed by atoms with E-state index in [4.69, 9.17) is 0 Å². The third-order valence-electron chi connectivity index (χ3n) is 3.30. The van der Waals surface area contributed by atoms with Crippen molar-refractivity contribution in [2.24, 2.45) is 0 Å². The molecule has 2 nitrogen and oxygen atoms in total. The normalized spacial score (nSPS) is 48.5. The molecule has 0 unspecified atom stereocenters. The van der Waals surface area contributed by atoms with Crippen molar-refractivity contribution >= 4 is 0 Å². The molecule has 0 aromatic carbocycles. The Hall–Kier alpha value is -0.0800. The van der Waals surface area contributed by atoms with Crippen LogP contribution in [0.4, 0.5) is 0 Å². The van der Waals surface area contributed by atoms with Crippen LogP contribution in [0.25, 0.3) is 0 Å². The molecule has 0 aliphatic carbocycles. The molecule has 70 valence electrons. The third-order valence-corrected chi connectivity index (χ3v) is 3.30. The maximum absolute atomic E-state index is 3.68. The fourth-order valence-corrected chi connectivity index (χ4v) is 2.56. The molecule has 0 spiro atoms. The molecule has 2 N–H and O–H groups in total. The first kappa shape index (κ1) is 8.52. The van der Waals surface area contributed by atoms with Crippen LogP contribution in [-0.2, 0) is 0 Å². The van der Waals surface area contributed by atoms with Gasteiger partial charge >= 0.3 is 0 Å². The lowest BCUT2D eigenvalue weighted by atomic mass is 9.86. The first-order valence-electron chi connectivity index (χ1n) is 5.28. The Balaban J connectivity index is 1.94. The average Bonchev–Trinajstić information content (AvgIpc) is 2.05. The Morgan fingerprint density at radius 3 is 1.58 bits per heavy atom. The molecule has 2 heterocycles. The first-order valence-corrected chi connectivity index (χ1v) is 5.28. The lowest BCUT2D eigenvalue weighted by molar-refractivity contribution is 0.192. The van der Waals surface area contributed by atoms with E-state index in [1.54, 1.807) is 0 Å². The minimum atomic E-state index is 0.737. The largest absolute Gasteiger partial charge is 0.310 e. The quantitative estimate of drug-likeness (QED) is 0.569. The lowest BCUT2D eigenvalue weighted by Crippen LogP contribution is -2.59. The molecule has 2 aliphatic heterocycles. The second-order valence-electron chi connectivity index (χ2n) is 4.50. The van der Waals surface area contributed by atoms with Crippen LogP contribution in [-0.4, -0.2) is 24.2 Å². The van der Waals surface area contributed by atoms with Gasteiger partial charge in [-0.1, -0.05) is 0 Å². The predicted molar refractivity (Wildman–Crippen MR) is 51.2 cm³/mol. The van der Waals surface area contributed by atoms with Crippen molar-refractivity contribution in [1.82, 2.24) is 10.6 Å². The third kappa shape index (κ3) is 1.64. The summed E-state index contributed by atoms with van der Waals surface area (Å²) in [5.74, 6) is 0. The van der Waals surface area contributed by atoms with E-state index in [2.05, 4.69) is 24.5 Å². The van der Waals surface area contributed by atoms with Gasteiger partial charge in [-0.05, 0) is 39.5 Å². The van der Waals surface area contributed by atoms with Crippen molar-refractivity contribution in [3.8, 4) is 0 Å². The van der Waals surface area contributed by atoms with Crippen LogP contribution in [0.5, 0.6) is 0 Å². The summed E-state index contributed by atoms with van der Waals surface area (Å²) in [4.78, 5) is 0. The van der Waals surface area contributed by atoms with Crippen LogP contribution in [0.3, 0.4) is 0 Å². The molecule has 0 radical (unpaired) electrons. The van der Waals surface area contributed by atoms with E-state index in [1.165, 1.54) is 25.7 Å². The van der Waals surface area contributed by atoms with Gasteiger partial charge in [0.1, 0.15) is 0 Å². The standard InChI is InChI=1S/C10H20N2/c1-7-3-5-10-9(11-7)6-4-8(2)12-10/h7-12H,3-6H2,1-2H3/t7-,8+,9-,10-/m0/s1. The highest BCUT2D eigenvalue weighted by atomic mass is 15.1. The SMILES string of the molecule is C[C@@H]1CC[C@@H]2N[C@@H](C)CC[C@@H]2N1. The second kappa shape index (κ2) is 3.35. The van der Waals surface area contributed by atoms with E-state index in [-0.39, 0.29) is 0 Å². The molecular weight excluding hydrogens is 148 g/mol. The smallest absolute Gasteiger partial charge is 0.0224 e. The lowest BCUT2D eigenvalue weighted by Gasteiger charge is -2.42. The van der Waals surface area contributed by atoms with Gasteiger partial charge in [0.2, 0.25) is 0 Å². The highest BCUT2D eigenvalue weighted by Gasteiger charge is 2.31. The first-order chi connectivity index (χ1) is 5.75. The van der Waals surface area contributed by atoms with Gasteiger partial charge in [0.05, 0.1) is 0 Å². The predicted octanol–water partition coefficient (Wildman–Crippen LogP) is 1.27. The second-order valence-corrected chi connectivity index (χ2v) is 4.50. The summed E-state index contributed by atoms with van der Waals surface area (Å²) in [6.45, 7) is 4.60. The van der Waals surface area contributed by atoms with Gasteiger partial charge in [0, 0.05) is 24.2 Å². The van der Waals surface area contributed by atoms with Crippen LogP contribution >= 0.6 is 0 Å². The van der Waals surface area contributed by atoms with Gasteiger partial charge in [0.25, 0.3) is 0 Å². The monoisotopic (exact) mass is 168 g/mol. The summed E-state index contributed by atoms with van der Waals surface area (Å²) in [7, 11) is 0. The Morgan fingerprint density at radius 1 is 0.750 bits per heavy atom. The van der Waals surface area contributed by atoms with Gasteiger partial charge < -0.3 is 10.6 Å². The molecular formula is C10H20N2. The van der Waals surface area contributed by atoms with Crippen LogP contribution in [0.1, 0.15) is 39.5 Å². The zero-order chi connectivity index (χ0) is 8.55. The Labute approximate surface area is 75.1 Å². The van der Waals surface area contributed by atoms with E-state index in [1.807, 2.05) is 0 Å². The van der Waals surface area contributed by atoms with Crippen molar-refractivity contribution in [3.63, 3.8) is 0 Å². The zero-order valence-corrected chi connectivity index (χ0v) is 8.14. The molecule has 2 heteroatoms. The van der Waals surface area contributed by atoms with Crippen LogP contribution in [0, 0.1) is 0 Å². The van der Waals surface area contributed by atoms with Crippen LogP contribution < -0.4 is 10.6 Å². The molecule has 2 aliphatic rings. The summed E-state index contributed by atoms with van der Waals surface area (Å²) in [5, 5.41) is 7.35. The maximum Gasteiger partial charge on any atom is 0.0224 e. The highest BCUT2D eigenvalue weighted by Crippen LogP contribution is 2.22. The highest BCUT2D eigenvalue weighted by molar-refractivity contribution is 4.94. The molecule has 2 saturated heterocycles. The fraction of sp³-hybridized carbons (Fsp3) is 1.00. The molecule has 12 heavy (non-hydrogen) atoms. The molecule has 0 aromatic rings. The molecule has 2 rings (SSSR count). The van der Waals surface area contributed by atoms with Crippen molar-refractivity contribution < 1.29 is 0 Å². The molecule has 0 amide bonds. The number of nitrogens with one attached hydrogen (secondary N) is 2. The Kier molecular flexibility index (Phi) is 2.37. The molecule has 0 saturated carbocycles. The average molecular weight is 168 g/mol. The molecule has 2 fully saturated rings. The summed E-state index contributed by atoms with van der Waals surface area (Å²) < 4.78 is 0. The van der Waals surface area contributed by atoms with Crippen molar-refractivity contribution in [1.29, 1.82) is 0 Å². The van der Waals surface area contributed by atoms with E-state index >= 15 is 0 Å². The van der Waals surface area contributed by atoms with Gasteiger partial charge in [0.15, 0.2) is 0 Å². The Morgan fingerprint density at radius 2 is 1.17 bits per heavy atom. The van der Waals surface area contributed by atoms with Gasteiger partial charge in [-0.15, -0.1) is 0 Å². The zero-order valence-electron chi connectivity index (χ0n) is 8.14. The number of fused-ring (bicyclic) bond motifs is 1. The number of piperidine rings is 2. The molecule has 0 bridgehead atoms. The van der Waals surface area contributed by atoms with Crippen LogP contribution in [0.15, 0.2) is 0 Å². The van der Waals surface area contributed by atoms with Gasteiger partial charge in [-0.25, -0.2) is 0 Å². The summed E-state index contributed by atoms with van der Waals surface area (Å²) >= 11 is 0. The van der Waals surface area contributed by atoms with E-state index in [0.717, 1.165) is 24.2 Å². The summed E-state index contributed by atoms with van der Waals surface area (Å²) in [5.41, 5.74) is 0. The van der Waals surface area contributed by atoms with E-state index in [0.29, 0.717) is 0 Å². The van der Waals surface area contributed by atoms with Gasteiger partial charge in [-0.3, -0.25) is 0 Å². The fourth-order valence-electron chi connectivity index (χ4n) is 2.56. The Bertz CT molecular complexity index is 140. The summed E-state index contributed by atoms with van der Waals surface area (Å²) in [6, 6.07) is 2.98. The van der Waals surface area contributed by atoms with E-state index < -0.39 is 0 Å². The number of rotatable bonds is 0. The molecule has 4 atom stereocenters. The topological polar surface area (TPSA) is 24.1 Å². The van der Waals surface area contributed by atoms with Crippen LogP contribution in [0.2, 0.25) is 0 Å². The minimum Gasteiger partial charge on any atom is -0.310 e.